The predicted octanol–water partition coefficient (Wildman–Crippen LogP) is 2.71. The summed E-state index contributed by atoms with van der Waals surface area (Å²) in [5.41, 5.74) is 11.0. The SMILES string of the molecule is CCCCCCSc1nc(N)c(N=O)c(N)n1. The van der Waals surface area contributed by atoms with Gasteiger partial charge in [-0.2, -0.15) is 0 Å². The van der Waals surface area contributed by atoms with Gasteiger partial charge >= 0.3 is 0 Å². The molecule has 1 heterocycles. The molecule has 1 rings (SSSR count). The van der Waals surface area contributed by atoms with Gasteiger partial charge in [-0.05, 0) is 11.6 Å². The summed E-state index contributed by atoms with van der Waals surface area (Å²) in [6, 6.07) is 0. The van der Waals surface area contributed by atoms with Gasteiger partial charge in [-0.15, -0.1) is 4.91 Å². The zero-order chi connectivity index (χ0) is 12.7. The Labute approximate surface area is 105 Å². The molecule has 0 aliphatic rings. The molecule has 0 bridgehead atoms. The number of unbranched alkanes of at least 4 members (excludes halogenated alkanes) is 3. The van der Waals surface area contributed by atoms with Crippen LogP contribution < -0.4 is 11.5 Å². The van der Waals surface area contributed by atoms with Crippen LogP contribution in [0.25, 0.3) is 0 Å². The Balaban J connectivity index is 2.52. The lowest BCUT2D eigenvalue weighted by Gasteiger charge is -2.04. The van der Waals surface area contributed by atoms with E-state index in [1.807, 2.05) is 0 Å². The molecule has 17 heavy (non-hydrogen) atoms. The molecule has 0 amide bonds. The van der Waals surface area contributed by atoms with Gasteiger partial charge in [0.2, 0.25) is 0 Å². The maximum absolute atomic E-state index is 10.4. The number of nitroso groups, excluding NO2 is 1. The van der Waals surface area contributed by atoms with Gasteiger partial charge in [0.05, 0.1) is 0 Å². The first-order valence-corrected chi connectivity index (χ1v) is 6.56. The smallest absolute Gasteiger partial charge is 0.192 e. The third kappa shape index (κ3) is 4.18. The topological polar surface area (TPSA) is 107 Å². The number of aromatic nitrogens is 2. The van der Waals surface area contributed by atoms with Crippen LogP contribution in [0.4, 0.5) is 17.3 Å². The molecule has 0 radical (unpaired) electrons. The van der Waals surface area contributed by atoms with Crippen molar-refractivity contribution in [1.82, 2.24) is 9.97 Å². The molecule has 4 N–H and O–H groups in total. The Morgan fingerprint density at radius 2 is 1.82 bits per heavy atom. The Morgan fingerprint density at radius 1 is 1.18 bits per heavy atom. The highest BCUT2D eigenvalue weighted by Crippen LogP contribution is 2.28. The first-order chi connectivity index (χ1) is 8.19. The second kappa shape index (κ2) is 7.05. The van der Waals surface area contributed by atoms with Gasteiger partial charge in [0.1, 0.15) is 0 Å². The molecule has 0 atom stereocenters. The van der Waals surface area contributed by atoms with E-state index in [-0.39, 0.29) is 17.3 Å². The van der Waals surface area contributed by atoms with E-state index in [1.54, 1.807) is 0 Å². The zero-order valence-electron chi connectivity index (χ0n) is 9.85. The number of nitrogens with zero attached hydrogens (tertiary/aromatic N) is 3. The maximum atomic E-state index is 10.4. The molecule has 0 saturated heterocycles. The molecule has 0 spiro atoms. The van der Waals surface area contributed by atoms with Crippen molar-refractivity contribution >= 4 is 29.1 Å². The van der Waals surface area contributed by atoms with Crippen LogP contribution in [0.5, 0.6) is 0 Å². The average molecular weight is 255 g/mol. The van der Waals surface area contributed by atoms with Crippen LogP contribution in [0, 0.1) is 4.91 Å². The van der Waals surface area contributed by atoms with Crippen molar-refractivity contribution in [2.24, 2.45) is 5.18 Å². The van der Waals surface area contributed by atoms with Gasteiger partial charge < -0.3 is 11.5 Å². The predicted molar refractivity (Wildman–Crippen MR) is 71.2 cm³/mol. The Morgan fingerprint density at radius 3 is 2.35 bits per heavy atom. The standard InChI is InChI=1S/C10H17N5OS/c1-2-3-4-5-6-17-10-13-8(11)7(15-16)9(12)14-10/h2-6H2,1H3,(H4,11,12,13,14). The van der Waals surface area contributed by atoms with Crippen molar-refractivity contribution in [3.63, 3.8) is 0 Å². The lowest BCUT2D eigenvalue weighted by atomic mass is 10.2. The zero-order valence-corrected chi connectivity index (χ0v) is 10.7. The first-order valence-electron chi connectivity index (χ1n) is 5.58. The molecule has 0 aliphatic heterocycles. The van der Waals surface area contributed by atoms with E-state index in [2.05, 4.69) is 22.1 Å². The summed E-state index contributed by atoms with van der Waals surface area (Å²) in [5.74, 6) is 1.01. The van der Waals surface area contributed by atoms with Crippen LogP contribution in [0.2, 0.25) is 0 Å². The van der Waals surface area contributed by atoms with E-state index >= 15 is 0 Å². The minimum absolute atomic E-state index is 0.0450. The highest BCUT2D eigenvalue weighted by Gasteiger charge is 2.10. The molecule has 6 nitrogen and oxygen atoms in total. The quantitative estimate of drug-likeness (QED) is 0.335. The number of anilines is 2. The van der Waals surface area contributed by atoms with Crippen molar-refractivity contribution in [1.29, 1.82) is 0 Å². The molecular weight excluding hydrogens is 238 g/mol. The third-order valence-electron chi connectivity index (χ3n) is 2.24. The summed E-state index contributed by atoms with van der Waals surface area (Å²) in [6.45, 7) is 2.17. The second-order valence-electron chi connectivity index (χ2n) is 3.63. The highest BCUT2D eigenvalue weighted by molar-refractivity contribution is 7.99. The number of nitrogen functional groups attached to an aromatic ring is 2. The fraction of sp³-hybridized carbons (Fsp3) is 0.600. The summed E-state index contributed by atoms with van der Waals surface area (Å²) in [6.07, 6.45) is 4.75. The van der Waals surface area contributed by atoms with E-state index in [4.69, 9.17) is 11.5 Å². The number of rotatable bonds is 7. The van der Waals surface area contributed by atoms with E-state index in [0.29, 0.717) is 5.16 Å². The molecule has 1 aromatic heterocycles. The Hall–Kier alpha value is -1.37. The van der Waals surface area contributed by atoms with Crippen molar-refractivity contribution in [3.8, 4) is 0 Å². The fourth-order valence-corrected chi connectivity index (χ4v) is 2.18. The average Bonchev–Trinajstić information content (AvgIpc) is 2.28. The number of thioether (sulfide) groups is 1. The Kier molecular flexibility index (Phi) is 5.68. The van der Waals surface area contributed by atoms with Crippen molar-refractivity contribution in [2.75, 3.05) is 17.2 Å². The van der Waals surface area contributed by atoms with Gasteiger partial charge in [-0.25, -0.2) is 9.97 Å². The molecule has 1 aromatic rings. The van der Waals surface area contributed by atoms with Gasteiger partial charge in [0.15, 0.2) is 22.5 Å². The number of hydrogen-bond acceptors (Lipinski definition) is 7. The second-order valence-corrected chi connectivity index (χ2v) is 4.69. The number of nitrogens with two attached hydrogens (primary N) is 2. The van der Waals surface area contributed by atoms with Gasteiger partial charge in [0, 0.05) is 5.75 Å². The number of hydrogen-bond donors (Lipinski definition) is 2. The summed E-state index contributed by atoms with van der Waals surface area (Å²) in [5, 5.41) is 3.20. The maximum Gasteiger partial charge on any atom is 0.192 e. The lowest BCUT2D eigenvalue weighted by Crippen LogP contribution is -2.01. The molecule has 7 heteroatoms. The summed E-state index contributed by atoms with van der Waals surface area (Å²) < 4.78 is 0. The van der Waals surface area contributed by atoms with Crippen LogP contribution in [0.3, 0.4) is 0 Å². The molecule has 0 aromatic carbocycles. The molecular formula is C10H17N5OS. The van der Waals surface area contributed by atoms with Crippen LogP contribution in [-0.4, -0.2) is 15.7 Å². The molecule has 0 unspecified atom stereocenters. The van der Waals surface area contributed by atoms with Gasteiger partial charge in [0.25, 0.3) is 0 Å². The van der Waals surface area contributed by atoms with Crippen LogP contribution in [-0.2, 0) is 0 Å². The van der Waals surface area contributed by atoms with E-state index in [9.17, 15) is 4.91 Å². The molecule has 94 valence electrons. The lowest BCUT2D eigenvalue weighted by molar-refractivity contribution is 0.706. The van der Waals surface area contributed by atoms with Crippen LogP contribution in [0.1, 0.15) is 32.6 Å². The summed E-state index contributed by atoms with van der Waals surface area (Å²) in [4.78, 5) is 18.4. The monoisotopic (exact) mass is 255 g/mol. The van der Waals surface area contributed by atoms with E-state index < -0.39 is 0 Å². The van der Waals surface area contributed by atoms with E-state index in [0.717, 1.165) is 12.2 Å². The van der Waals surface area contributed by atoms with Gasteiger partial charge in [-0.1, -0.05) is 37.9 Å². The summed E-state index contributed by atoms with van der Waals surface area (Å²) in [7, 11) is 0. The minimum atomic E-state index is -0.0691. The Bertz CT molecular complexity index is 362. The van der Waals surface area contributed by atoms with Crippen molar-refractivity contribution in [3.05, 3.63) is 4.91 Å². The van der Waals surface area contributed by atoms with E-state index in [1.165, 1.54) is 31.0 Å². The minimum Gasteiger partial charge on any atom is -0.382 e. The third-order valence-corrected chi connectivity index (χ3v) is 3.17. The molecule has 0 saturated carbocycles. The highest BCUT2D eigenvalue weighted by atomic mass is 32.2. The summed E-state index contributed by atoms with van der Waals surface area (Å²) >= 11 is 1.49. The van der Waals surface area contributed by atoms with Crippen molar-refractivity contribution < 1.29 is 0 Å². The largest absolute Gasteiger partial charge is 0.382 e. The van der Waals surface area contributed by atoms with Crippen LogP contribution >= 0.6 is 11.8 Å². The van der Waals surface area contributed by atoms with Crippen molar-refractivity contribution in [2.45, 2.75) is 37.8 Å². The van der Waals surface area contributed by atoms with Gasteiger partial charge in [-0.3, -0.25) is 0 Å². The van der Waals surface area contributed by atoms with Crippen LogP contribution in [0.15, 0.2) is 10.3 Å². The normalized spacial score (nSPS) is 10.4. The molecule has 0 aliphatic carbocycles. The fourth-order valence-electron chi connectivity index (χ4n) is 1.32. The first kappa shape index (κ1) is 13.7. The molecule has 0 fully saturated rings.